The minimum absolute atomic E-state index is 0.117. The Morgan fingerprint density at radius 2 is 1.89 bits per heavy atom. The maximum absolute atomic E-state index is 12.3. The van der Waals surface area contributed by atoms with Crippen LogP contribution in [0.3, 0.4) is 0 Å². The van der Waals surface area contributed by atoms with Crippen LogP contribution in [-0.2, 0) is 9.59 Å². The molecule has 1 aliphatic rings. The fourth-order valence-corrected chi connectivity index (χ4v) is 3.16. The van der Waals surface area contributed by atoms with Crippen molar-refractivity contribution in [2.24, 2.45) is 0 Å². The number of anilines is 1. The molecule has 0 bridgehead atoms. The van der Waals surface area contributed by atoms with Crippen LogP contribution in [0.4, 0.5) is 5.69 Å². The average molecular weight is 279 g/mol. The summed E-state index contributed by atoms with van der Waals surface area (Å²) in [5, 5.41) is 0.0761. The number of imide groups is 1. The van der Waals surface area contributed by atoms with Gasteiger partial charge in [0, 0.05) is 6.42 Å². The van der Waals surface area contributed by atoms with E-state index in [2.05, 4.69) is 0 Å². The highest BCUT2D eigenvalue weighted by molar-refractivity contribution is 8.01. The number of benzene rings is 1. The van der Waals surface area contributed by atoms with Crippen molar-refractivity contribution in [3.8, 4) is 5.75 Å². The number of nitrogens with zero attached hydrogens (tertiary/aromatic N) is 1. The van der Waals surface area contributed by atoms with Gasteiger partial charge in [-0.15, -0.1) is 11.8 Å². The van der Waals surface area contributed by atoms with Crippen LogP contribution < -0.4 is 9.64 Å². The molecule has 0 aromatic heterocycles. The zero-order chi connectivity index (χ0) is 14.0. The highest BCUT2D eigenvalue weighted by Crippen LogP contribution is 2.32. The zero-order valence-corrected chi connectivity index (χ0v) is 12.1. The number of ether oxygens (including phenoxy) is 1. The van der Waals surface area contributed by atoms with Crippen molar-refractivity contribution >= 4 is 29.3 Å². The Morgan fingerprint density at radius 3 is 2.42 bits per heavy atom. The van der Waals surface area contributed by atoms with Crippen LogP contribution in [0.25, 0.3) is 0 Å². The van der Waals surface area contributed by atoms with E-state index in [1.165, 1.54) is 4.90 Å². The van der Waals surface area contributed by atoms with E-state index in [1.807, 2.05) is 13.8 Å². The predicted molar refractivity (Wildman–Crippen MR) is 76.6 cm³/mol. The SMILES string of the molecule is COc1ccc(N2C(=O)C[C@H](SC(C)C)C2=O)cc1. The lowest BCUT2D eigenvalue weighted by Gasteiger charge is -2.16. The molecule has 1 fully saturated rings. The van der Waals surface area contributed by atoms with E-state index in [0.29, 0.717) is 16.7 Å². The fourth-order valence-electron chi connectivity index (χ4n) is 2.04. The molecule has 19 heavy (non-hydrogen) atoms. The molecule has 1 aromatic rings. The zero-order valence-electron chi connectivity index (χ0n) is 11.3. The van der Waals surface area contributed by atoms with Gasteiger partial charge in [-0.1, -0.05) is 13.8 Å². The van der Waals surface area contributed by atoms with Gasteiger partial charge in [0.25, 0.3) is 0 Å². The molecule has 0 unspecified atom stereocenters. The molecule has 5 heteroatoms. The second-order valence-electron chi connectivity index (χ2n) is 4.64. The summed E-state index contributed by atoms with van der Waals surface area (Å²) in [7, 11) is 1.58. The van der Waals surface area contributed by atoms with Gasteiger partial charge in [0.15, 0.2) is 0 Å². The Balaban J connectivity index is 2.19. The summed E-state index contributed by atoms with van der Waals surface area (Å²) in [5.74, 6) is 0.457. The molecule has 1 aromatic carbocycles. The van der Waals surface area contributed by atoms with E-state index in [0.717, 1.165) is 0 Å². The number of carbonyl (C=O) groups excluding carboxylic acids is 2. The van der Waals surface area contributed by atoms with Crippen LogP contribution >= 0.6 is 11.8 Å². The summed E-state index contributed by atoms with van der Waals surface area (Å²) >= 11 is 1.54. The number of thioether (sulfide) groups is 1. The molecule has 0 N–H and O–H groups in total. The summed E-state index contributed by atoms with van der Waals surface area (Å²) in [6.45, 7) is 4.05. The molecule has 2 amide bonds. The van der Waals surface area contributed by atoms with Crippen molar-refractivity contribution in [1.29, 1.82) is 0 Å². The van der Waals surface area contributed by atoms with Crippen molar-refractivity contribution in [3.63, 3.8) is 0 Å². The molecule has 4 nitrogen and oxygen atoms in total. The maximum atomic E-state index is 12.3. The topological polar surface area (TPSA) is 46.6 Å². The molecule has 1 saturated heterocycles. The smallest absolute Gasteiger partial charge is 0.247 e. The van der Waals surface area contributed by atoms with Gasteiger partial charge in [0.2, 0.25) is 11.8 Å². The van der Waals surface area contributed by atoms with Crippen LogP contribution in [-0.4, -0.2) is 29.4 Å². The van der Waals surface area contributed by atoms with Gasteiger partial charge in [-0.3, -0.25) is 9.59 Å². The first-order chi connectivity index (χ1) is 9.02. The number of rotatable bonds is 4. The normalized spacial score (nSPS) is 19.4. The largest absolute Gasteiger partial charge is 0.497 e. The third kappa shape index (κ3) is 2.92. The summed E-state index contributed by atoms with van der Waals surface area (Å²) in [5.41, 5.74) is 0.614. The number of hydrogen-bond donors (Lipinski definition) is 0. The number of amides is 2. The van der Waals surface area contributed by atoms with Crippen molar-refractivity contribution in [2.45, 2.75) is 30.8 Å². The van der Waals surface area contributed by atoms with E-state index in [1.54, 1.807) is 43.1 Å². The van der Waals surface area contributed by atoms with Crippen LogP contribution in [0.1, 0.15) is 20.3 Å². The molecule has 1 heterocycles. The number of carbonyl (C=O) groups is 2. The third-order valence-corrected chi connectivity index (χ3v) is 4.11. The first-order valence-corrected chi connectivity index (χ1v) is 7.13. The number of methoxy groups -OCH3 is 1. The van der Waals surface area contributed by atoms with Gasteiger partial charge in [-0.05, 0) is 29.5 Å². The van der Waals surface area contributed by atoms with Crippen molar-refractivity contribution in [1.82, 2.24) is 0 Å². The molecule has 0 aliphatic carbocycles. The van der Waals surface area contributed by atoms with Crippen molar-refractivity contribution in [2.75, 3.05) is 12.0 Å². The summed E-state index contributed by atoms with van der Waals surface area (Å²) < 4.78 is 5.07. The third-order valence-electron chi connectivity index (χ3n) is 2.87. The Bertz CT molecular complexity index is 484. The summed E-state index contributed by atoms with van der Waals surface area (Å²) in [6, 6.07) is 6.96. The van der Waals surface area contributed by atoms with Gasteiger partial charge in [-0.2, -0.15) is 0 Å². The molecular formula is C14H17NO3S. The van der Waals surface area contributed by atoms with Crippen LogP contribution in [0.2, 0.25) is 0 Å². The predicted octanol–water partition coefficient (Wildman–Crippen LogP) is 2.47. The Kier molecular flexibility index (Phi) is 4.14. The average Bonchev–Trinajstić information content (AvgIpc) is 2.64. The second kappa shape index (κ2) is 5.65. The van der Waals surface area contributed by atoms with Gasteiger partial charge in [0.05, 0.1) is 18.0 Å². The molecule has 1 atom stereocenters. The van der Waals surface area contributed by atoms with E-state index < -0.39 is 0 Å². The lowest BCUT2D eigenvalue weighted by molar-refractivity contribution is -0.121. The molecule has 1 aliphatic heterocycles. The second-order valence-corrected chi connectivity index (χ2v) is 6.43. The van der Waals surface area contributed by atoms with E-state index in [4.69, 9.17) is 4.74 Å². The van der Waals surface area contributed by atoms with Crippen LogP contribution in [0, 0.1) is 0 Å². The summed E-state index contributed by atoms with van der Waals surface area (Å²) in [4.78, 5) is 25.5. The highest BCUT2D eigenvalue weighted by Gasteiger charge is 2.40. The van der Waals surface area contributed by atoms with E-state index in [9.17, 15) is 9.59 Å². The van der Waals surface area contributed by atoms with Crippen molar-refractivity contribution < 1.29 is 14.3 Å². The highest BCUT2D eigenvalue weighted by atomic mass is 32.2. The van der Waals surface area contributed by atoms with Gasteiger partial charge < -0.3 is 4.74 Å². The van der Waals surface area contributed by atoms with E-state index in [-0.39, 0.29) is 23.5 Å². The molecule has 0 radical (unpaired) electrons. The Labute approximate surface area is 117 Å². The quantitative estimate of drug-likeness (QED) is 0.794. The lowest BCUT2D eigenvalue weighted by atomic mass is 10.3. The minimum Gasteiger partial charge on any atom is -0.497 e. The summed E-state index contributed by atoms with van der Waals surface area (Å²) in [6.07, 6.45) is 0.285. The Morgan fingerprint density at radius 1 is 1.26 bits per heavy atom. The molecule has 0 saturated carbocycles. The number of hydrogen-bond acceptors (Lipinski definition) is 4. The van der Waals surface area contributed by atoms with Crippen LogP contribution in [0.15, 0.2) is 24.3 Å². The van der Waals surface area contributed by atoms with Gasteiger partial charge in [-0.25, -0.2) is 4.90 Å². The van der Waals surface area contributed by atoms with Crippen molar-refractivity contribution in [3.05, 3.63) is 24.3 Å². The molecular weight excluding hydrogens is 262 g/mol. The van der Waals surface area contributed by atoms with Gasteiger partial charge >= 0.3 is 0 Å². The minimum atomic E-state index is -0.255. The van der Waals surface area contributed by atoms with Crippen LogP contribution in [0.5, 0.6) is 5.75 Å². The lowest BCUT2D eigenvalue weighted by Crippen LogP contribution is -2.31. The standard InChI is InChI=1S/C14H17NO3S/c1-9(2)19-12-8-13(16)15(14(12)17)10-4-6-11(18-3)7-5-10/h4-7,9,12H,8H2,1-3H3/t12-/m0/s1. The first kappa shape index (κ1) is 13.9. The monoisotopic (exact) mass is 279 g/mol. The van der Waals surface area contributed by atoms with E-state index >= 15 is 0 Å². The molecule has 0 spiro atoms. The fraction of sp³-hybridized carbons (Fsp3) is 0.429. The maximum Gasteiger partial charge on any atom is 0.247 e. The molecule has 2 rings (SSSR count). The molecule has 102 valence electrons. The van der Waals surface area contributed by atoms with Gasteiger partial charge in [0.1, 0.15) is 5.75 Å². The first-order valence-electron chi connectivity index (χ1n) is 6.19. The Hall–Kier alpha value is -1.49.